The summed E-state index contributed by atoms with van der Waals surface area (Å²) in [7, 11) is -3.64. The van der Waals surface area contributed by atoms with Crippen molar-refractivity contribution in [2.45, 2.75) is 26.7 Å². The van der Waals surface area contributed by atoms with Crippen LogP contribution in [0.25, 0.3) is 20.8 Å². The van der Waals surface area contributed by atoms with Crippen molar-refractivity contribution in [3.8, 4) is 10.6 Å². The molecule has 1 aromatic rings. The Morgan fingerprint density at radius 2 is 1.74 bits per heavy atom. The highest BCUT2D eigenvalue weighted by Gasteiger charge is 2.27. The second-order valence-electron chi connectivity index (χ2n) is 8.85. The average molecular weight is 503 g/mol. The van der Waals surface area contributed by atoms with E-state index in [1.807, 2.05) is 0 Å². The third-order valence-corrected chi connectivity index (χ3v) is 8.97. The summed E-state index contributed by atoms with van der Waals surface area (Å²) in [6.45, 7) is 9.76. The van der Waals surface area contributed by atoms with Crippen molar-refractivity contribution in [1.29, 1.82) is 0 Å². The van der Waals surface area contributed by atoms with E-state index in [0.29, 0.717) is 26.2 Å². The van der Waals surface area contributed by atoms with E-state index >= 15 is 0 Å². The first kappa shape index (κ1) is 23.6. The molecule has 10 heteroatoms. The van der Waals surface area contributed by atoms with Crippen LogP contribution in [0.3, 0.4) is 0 Å². The molecule has 0 atom stereocenters. The Morgan fingerprint density at radius 3 is 2.38 bits per heavy atom. The number of hydrogen-bond donors (Lipinski definition) is 1. The van der Waals surface area contributed by atoms with Gasteiger partial charge in [-0.15, -0.1) is 11.3 Å². The van der Waals surface area contributed by atoms with Crippen LogP contribution in [0.4, 0.5) is 5.69 Å². The normalized spacial score (nSPS) is 18.2. The molecular weight excluding hydrogens is 470 g/mol. The summed E-state index contributed by atoms with van der Waals surface area (Å²) in [5.41, 5.74) is 5.92. The Kier molecular flexibility index (Phi) is 6.60. The molecular formula is C24H32N5O3S2+. The average Bonchev–Trinajstić information content (AvgIpc) is 2.86. The van der Waals surface area contributed by atoms with Crippen LogP contribution in [0.15, 0.2) is 24.3 Å². The van der Waals surface area contributed by atoms with Crippen molar-refractivity contribution in [2.75, 3.05) is 57.4 Å². The first-order chi connectivity index (χ1) is 16.4. The molecule has 3 aliphatic heterocycles. The van der Waals surface area contributed by atoms with Gasteiger partial charge in [-0.25, -0.2) is 14.7 Å². The molecule has 2 N–H and O–H groups in total. The highest BCUT2D eigenvalue weighted by Crippen LogP contribution is 2.36. The molecule has 1 aromatic carbocycles. The van der Waals surface area contributed by atoms with Gasteiger partial charge < -0.3 is 9.64 Å². The van der Waals surface area contributed by atoms with Gasteiger partial charge in [-0.3, -0.25) is 0 Å². The zero-order valence-electron chi connectivity index (χ0n) is 19.8. The number of morpholine rings is 1. The predicted octanol–water partition coefficient (Wildman–Crippen LogP) is 1.65. The number of ether oxygens (including phenoxy) is 1. The lowest BCUT2D eigenvalue weighted by atomic mass is 10.1. The molecule has 3 heterocycles. The molecule has 0 aromatic heterocycles. The van der Waals surface area contributed by atoms with Crippen molar-refractivity contribution in [2.24, 2.45) is 5.14 Å². The van der Waals surface area contributed by atoms with Crippen LogP contribution < -0.4 is 20.0 Å². The molecule has 8 nitrogen and oxygen atoms in total. The Labute approximate surface area is 204 Å². The fourth-order valence-corrected chi connectivity index (χ4v) is 6.68. The maximum atomic E-state index is 11.7. The van der Waals surface area contributed by atoms with Crippen molar-refractivity contribution < 1.29 is 13.2 Å². The van der Waals surface area contributed by atoms with Crippen LogP contribution in [-0.4, -0.2) is 70.2 Å². The van der Waals surface area contributed by atoms with Gasteiger partial charge in [-0.05, 0) is 36.1 Å². The van der Waals surface area contributed by atoms with Gasteiger partial charge >= 0.3 is 0 Å². The van der Waals surface area contributed by atoms with Gasteiger partial charge in [0.05, 0.1) is 47.1 Å². The van der Waals surface area contributed by atoms with Crippen LogP contribution in [0.5, 0.6) is 0 Å². The minimum atomic E-state index is -3.64. The van der Waals surface area contributed by atoms with E-state index in [-0.39, 0.29) is 0 Å². The van der Waals surface area contributed by atoms with Gasteiger partial charge in [0.25, 0.3) is 10.2 Å². The summed E-state index contributed by atoms with van der Waals surface area (Å²) >= 11 is 1.80. The lowest BCUT2D eigenvalue weighted by Gasteiger charge is -2.29. The Balaban J connectivity index is 1.63. The number of fused-ring (bicyclic) bond motifs is 2. The molecule has 0 amide bonds. The molecule has 0 bridgehead atoms. The number of hydrogen-bond acceptors (Lipinski definition) is 6. The maximum Gasteiger partial charge on any atom is 0.277 e. The molecule has 5 rings (SSSR count). The van der Waals surface area contributed by atoms with Crippen LogP contribution >= 0.6 is 11.3 Å². The van der Waals surface area contributed by atoms with Gasteiger partial charge in [-0.1, -0.05) is 13.8 Å². The van der Waals surface area contributed by atoms with Crippen molar-refractivity contribution in [3.05, 3.63) is 40.7 Å². The number of aromatic nitrogens is 1. The maximum absolute atomic E-state index is 11.7. The van der Waals surface area contributed by atoms with Crippen LogP contribution in [0.2, 0.25) is 0 Å². The highest BCUT2D eigenvalue weighted by molar-refractivity contribution is 7.86. The predicted molar refractivity (Wildman–Crippen MR) is 138 cm³/mol. The largest absolute Gasteiger partial charge is 0.378 e. The number of nitrogens with two attached hydrogens (primary N) is 1. The van der Waals surface area contributed by atoms with E-state index in [1.54, 1.807) is 11.3 Å². The van der Waals surface area contributed by atoms with Crippen molar-refractivity contribution in [3.63, 3.8) is 0 Å². The smallest absolute Gasteiger partial charge is 0.277 e. The minimum absolute atomic E-state index is 0.403. The summed E-state index contributed by atoms with van der Waals surface area (Å²) in [6, 6.07) is 9.00. The van der Waals surface area contributed by atoms with Crippen LogP contribution in [-0.2, 0) is 27.8 Å². The van der Waals surface area contributed by atoms with Crippen molar-refractivity contribution in [1.82, 2.24) is 13.9 Å². The fourth-order valence-electron chi connectivity index (χ4n) is 4.87. The number of anilines is 1. The van der Waals surface area contributed by atoms with Gasteiger partial charge in [-0.2, -0.15) is 12.7 Å². The number of aryl methyl sites for hydroxylation is 2. The SMILES string of the molecule is CCc1cc(=[N+]2CCN(S(N)(=O)=O)CC2)cc2sc3cc(N4CCOCC4)cc(CC)c3nc1-2. The molecule has 0 radical (unpaired) electrons. The standard InChI is InChI=1S/C24H32N5O3S2/c1-3-17-13-19(27-5-7-29(8-6-27)34(25,30)31)15-21-23(17)26-24-18(4-2)14-20(16-22(24)33-21)28-9-11-32-12-10-28/h13-16H,3-12H2,1-2H3,(H2,25,30,31)/q+1. The monoisotopic (exact) mass is 502 g/mol. The Morgan fingerprint density at radius 1 is 1.03 bits per heavy atom. The summed E-state index contributed by atoms with van der Waals surface area (Å²) in [4.78, 5) is 8.75. The Hall–Kier alpha value is -2.11. The highest BCUT2D eigenvalue weighted by atomic mass is 32.2. The zero-order valence-corrected chi connectivity index (χ0v) is 21.4. The first-order valence-corrected chi connectivity index (χ1v) is 14.3. The van der Waals surface area contributed by atoms with E-state index < -0.39 is 10.2 Å². The van der Waals surface area contributed by atoms with Crippen molar-refractivity contribution >= 4 is 37.5 Å². The molecule has 2 saturated heterocycles. The van der Waals surface area contributed by atoms with E-state index in [1.165, 1.54) is 25.8 Å². The zero-order chi connectivity index (χ0) is 23.9. The first-order valence-electron chi connectivity index (χ1n) is 12.0. The number of piperazine rings is 1. The van der Waals surface area contributed by atoms with E-state index in [4.69, 9.17) is 14.9 Å². The second-order valence-corrected chi connectivity index (χ2v) is 11.5. The lowest BCUT2D eigenvalue weighted by molar-refractivity contribution is 0.122. The fraction of sp³-hybridized carbons (Fsp3) is 0.500. The van der Waals surface area contributed by atoms with Gasteiger partial charge in [0.2, 0.25) is 5.36 Å². The summed E-state index contributed by atoms with van der Waals surface area (Å²) in [5.74, 6) is 0. The van der Waals surface area contributed by atoms with Crippen LogP contribution in [0.1, 0.15) is 25.0 Å². The number of nitrogens with zero attached hydrogens (tertiary/aromatic N) is 4. The molecule has 34 heavy (non-hydrogen) atoms. The molecule has 1 aliphatic carbocycles. The molecule has 0 spiro atoms. The topological polar surface area (TPSA) is 91.8 Å². The molecule has 4 aliphatic rings. The summed E-state index contributed by atoms with van der Waals surface area (Å²) in [5, 5.41) is 6.44. The second kappa shape index (κ2) is 9.50. The van der Waals surface area contributed by atoms with Gasteiger partial charge in [0.15, 0.2) is 13.1 Å². The molecule has 0 unspecified atom stereocenters. The summed E-state index contributed by atoms with van der Waals surface area (Å²) < 4.78 is 33.7. The molecule has 182 valence electrons. The van der Waals surface area contributed by atoms with E-state index in [9.17, 15) is 8.42 Å². The third-order valence-electron chi connectivity index (χ3n) is 6.82. The summed E-state index contributed by atoms with van der Waals surface area (Å²) in [6.07, 6.45) is 1.83. The minimum Gasteiger partial charge on any atom is -0.378 e. The Bertz CT molecular complexity index is 1350. The van der Waals surface area contributed by atoms with Gasteiger partial charge in [0.1, 0.15) is 0 Å². The number of rotatable bonds is 4. The number of benzene rings is 2. The van der Waals surface area contributed by atoms with E-state index in [0.717, 1.165) is 60.6 Å². The van der Waals surface area contributed by atoms with E-state index in [2.05, 4.69) is 47.6 Å². The van der Waals surface area contributed by atoms with Crippen LogP contribution in [0, 0.1) is 0 Å². The third kappa shape index (κ3) is 4.57. The molecule has 0 saturated carbocycles. The quantitative estimate of drug-likeness (QED) is 0.433. The molecule has 2 fully saturated rings. The van der Waals surface area contributed by atoms with Gasteiger partial charge in [0, 0.05) is 30.9 Å². The lowest BCUT2D eigenvalue weighted by Crippen LogP contribution is -2.51.